The summed E-state index contributed by atoms with van der Waals surface area (Å²) >= 11 is 0. The number of rotatable bonds is 7. The maximum Gasteiger partial charge on any atom is 0.271 e. The topological polar surface area (TPSA) is 107 Å². The van der Waals surface area contributed by atoms with Crippen LogP contribution in [-0.2, 0) is 18.3 Å². The van der Waals surface area contributed by atoms with Crippen LogP contribution in [-0.4, -0.2) is 68.3 Å². The second kappa shape index (κ2) is 7.85. The molecular formula is C17H21N7O3. The lowest BCUT2D eigenvalue weighted by atomic mass is 10.3. The highest BCUT2D eigenvalue weighted by Crippen LogP contribution is 2.12. The molecule has 0 unspecified atom stereocenters. The van der Waals surface area contributed by atoms with Gasteiger partial charge in [-0.1, -0.05) is 6.07 Å². The number of nitrogens with one attached hydrogen (secondary N) is 1. The van der Waals surface area contributed by atoms with E-state index in [4.69, 9.17) is 4.74 Å². The Morgan fingerprint density at radius 2 is 2.07 bits per heavy atom. The van der Waals surface area contributed by atoms with E-state index in [1.807, 2.05) is 28.8 Å². The summed E-state index contributed by atoms with van der Waals surface area (Å²) in [5, 5.41) is 15.1. The predicted octanol–water partition coefficient (Wildman–Crippen LogP) is -0.0977. The van der Waals surface area contributed by atoms with Gasteiger partial charge in [-0.15, -0.1) is 10.2 Å². The lowest BCUT2D eigenvalue weighted by Gasteiger charge is -2.10. The number of aromatic nitrogens is 5. The molecule has 142 valence electrons. The third-order valence-electron chi connectivity index (χ3n) is 3.93. The molecule has 0 saturated carbocycles. The zero-order chi connectivity index (χ0) is 19.4. The van der Waals surface area contributed by atoms with Crippen LogP contribution in [0.1, 0.15) is 16.3 Å². The summed E-state index contributed by atoms with van der Waals surface area (Å²) in [4.78, 5) is 25.3. The fraction of sp³-hybridized carbons (Fsp3) is 0.353. The summed E-state index contributed by atoms with van der Waals surface area (Å²) in [6.07, 6.45) is 2.41. The van der Waals surface area contributed by atoms with Gasteiger partial charge in [0.05, 0.1) is 0 Å². The van der Waals surface area contributed by atoms with Gasteiger partial charge in [-0.3, -0.25) is 14.0 Å². The largest absolute Gasteiger partial charge is 0.468 e. The van der Waals surface area contributed by atoms with E-state index in [2.05, 4.69) is 20.6 Å². The molecule has 27 heavy (non-hydrogen) atoms. The van der Waals surface area contributed by atoms with Gasteiger partial charge in [0.15, 0.2) is 17.9 Å². The molecule has 3 aromatic heterocycles. The van der Waals surface area contributed by atoms with Gasteiger partial charge >= 0.3 is 0 Å². The Labute approximate surface area is 155 Å². The molecule has 10 nitrogen and oxygen atoms in total. The Balaban J connectivity index is 1.55. The molecule has 0 atom stereocenters. The highest BCUT2D eigenvalue weighted by Gasteiger charge is 2.15. The number of hydrogen-bond donors (Lipinski definition) is 1. The van der Waals surface area contributed by atoms with E-state index < -0.39 is 0 Å². The molecule has 0 aliphatic carbocycles. The SMILES string of the molecule is CN(C)C(=O)COc1cc(C(=O)NCCc2nnc3ccccn23)nn1C. The molecule has 0 radical (unpaired) electrons. The fourth-order valence-corrected chi connectivity index (χ4v) is 2.40. The van der Waals surface area contributed by atoms with Crippen LogP contribution in [0, 0.1) is 0 Å². The minimum absolute atomic E-state index is 0.118. The van der Waals surface area contributed by atoms with Crippen molar-refractivity contribution in [2.75, 3.05) is 27.2 Å². The smallest absolute Gasteiger partial charge is 0.271 e. The van der Waals surface area contributed by atoms with Crippen molar-refractivity contribution in [3.63, 3.8) is 0 Å². The molecule has 3 aromatic rings. The van der Waals surface area contributed by atoms with E-state index in [-0.39, 0.29) is 24.1 Å². The number of carbonyl (C=O) groups excluding carboxylic acids is 2. The van der Waals surface area contributed by atoms with E-state index in [0.29, 0.717) is 18.8 Å². The van der Waals surface area contributed by atoms with Crippen LogP contribution in [0.15, 0.2) is 30.5 Å². The maximum absolute atomic E-state index is 12.3. The number of ether oxygens (including phenoxy) is 1. The zero-order valence-electron chi connectivity index (χ0n) is 15.4. The normalized spacial score (nSPS) is 10.8. The maximum atomic E-state index is 12.3. The molecule has 0 aliphatic rings. The lowest BCUT2D eigenvalue weighted by Crippen LogP contribution is -2.27. The van der Waals surface area contributed by atoms with E-state index in [9.17, 15) is 9.59 Å². The van der Waals surface area contributed by atoms with Gasteiger partial charge in [0.2, 0.25) is 5.88 Å². The second-order valence-electron chi connectivity index (χ2n) is 6.12. The van der Waals surface area contributed by atoms with Crippen molar-refractivity contribution in [2.45, 2.75) is 6.42 Å². The van der Waals surface area contributed by atoms with Crippen molar-refractivity contribution in [3.05, 3.63) is 42.0 Å². The first-order valence-corrected chi connectivity index (χ1v) is 8.39. The number of likely N-dealkylation sites (N-methyl/N-ethyl adjacent to an activating group) is 1. The van der Waals surface area contributed by atoms with Gasteiger partial charge in [-0.05, 0) is 12.1 Å². The van der Waals surface area contributed by atoms with Crippen LogP contribution >= 0.6 is 0 Å². The number of pyridine rings is 1. The summed E-state index contributed by atoms with van der Waals surface area (Å²) in [6, 6.07) is 7.16. The van der Waals surface area contributed by atoms with Crippen LogP contribution in [0.5, 0.6) is 5.88 Å². The first-order valence-electron chi connectivity index (χ1n) is 8.39. The summed E-state index contributed by atoms with van der Waals surface area (Å²) in [7, 11) is 4.94. The number of hydrogen-bond acceptors (Lipinski definition) is 6. The standard InChI is InChI=1S/C17H21N7O3/c1-22(2)15(25)11-27-16-10-12(21-23(16)3)17(26)18-8-7-14-20-19-13-6-4-5-9-24(13)14/h4-6,9-10H,7-8,11H2,1-3H3,(H,18,26). The van der Waals surface area contributed by atoms with Gasteiger partial charge in [0.25, 0.3) is 11.8 Å². The van der Waals surface area contributed by atoms with Crippen LogP contribution < -0.4 is 10.1 Å². The molecule has 0 aromatic carbocycles. The zero-order valence-corrected chi connectivity index (χ0v) is 15.4. The fourth-order valence-electron chi connectivity index (χ4n) is 2.40. The monoisotopic (exact) mass is 371 g/mol. The van der Waals surface area contributed by atoms with Crippen LogP contribution in [0.3, 0.4) is 0 Å². The molecule has 3 rings (SSSR count). The Kier molecular flexibility index (Phi) is 5.34. The molecule has 3 heterocycles. The molecule has 10 heteroatoms. The molecule has 0 bridgehead atoms. The summed E-state index contributed by atoms with van der Waals surface area (Å²) < 4.78 is 8.71. The Morgan fingerprint density at radius 3 is 2.85 bits per heavy atom. The average molecular weight is 371 g/mol. The van der Waals surface area contributed by atoms with Crippen LogP contribution in [0.2, 0.25) is 0 Å². The quantitative estimate of drug-likeness (QED) is 0.622. The third kappa shape index (κ3) is 4.22. The van der Waals surface area contributed by atoms with Gasteiger partial charge in [-0.2, -0.15) is 5.10 Å². The van der Waals surface area contributed by atoms with E-state index in [1.165, 1.54) is 15.6 Å². The summed E-state index contributed by atoms with van der Waals surface area (Å²) in [6.45, 7) is 0.272. The first kappa shape index (κ1) is 18.4. The van der Waals surface area contributed by atoms with Crippen molar-refractivity contribution in [1.82, 2.24) is 34.6 Å². The number of nitrogens with zero attached hydrogens (tertiary/aromatic N) is 6. The van der Waals surface area contributed by atoms with Crippen molar-refractivity contribution >= 4 is 17.5 Å². The third-order valence-corrected chi connectivity index (χ3v) is 3.93. The highest BCUT2D eigenvalue weighted by molar-refractivity contribution is 5.92. The molecule has 0 spiro atoms. The number of amides is 2. The molecule has 0 fully saturated rings. The average Bonchev–Trinajstić information content (AvgIpc) is 3.23. The molecule has 1 N–H and O–H groups in total. The first-order chi connectivity index (χ1) is 13.0. The Bertz CT molecular complexity index is 961. The van der Waals surface area contributed by atoms with Gasteiger partial charge in [0, 0.05) is 46.4 Å². The minimum atomic E-state index is -0.326. The van der Waals surface area contributed by atoms with Crippen LogP contribution in [0.4, 0.5) is 0 Å². The van der Waals surface area contributed by atoms with Crippen molar-refractivity contribution < 1.29 is 14.3 Å². The van der Waals surface area contributed by atoms with Crippen LogP contribution in [0.25, 0.3) is 5.65 Å². The molecule has 0 aliphatic heterocycles. The van der Waals surface area contributed by atoms with E-state index in [0.717, 1.165) is 11.5 Å². The molecule has 0 saturated heterocycles. The number of fused-ring (bicyclic) bond motifs is 1. The van der Waals surface area contributed by atoms with Crippen molar-refractivity contribution in [3.8, 4) is 5.88 Å². The van der Waals surface area contributed by atoms with Gasteiger partial charge in [-0.25, -0.2) is 4.68 Å². The second-order valence-corrected chi connectivity index (χ2v) is 6.12. The predicted molar refractivity (Wildman–Crippen MR) is 96.4 cm³/mol. The number of carbonyl (C=O) groups is 2. The number of aryl methyl sites for hydroxylation is 1. The van der Waals surface area contributed by atoms with E-state index >= 15 is 0 Å². The molecule has 2 amide bonds. The van der Waals surface area contributed by atoms with E-state index in [1.54, 1.807) is 21.1 Å². The molecular weight excluding hydrogens is 350 g/mol. The Hall–Kier alpha value is -3.43. The highest BCUT2D eigenvalue weighted by atomic mass is 16.5. The summed E-state index contributed by atoms with van der Waals surface area (Å²) in [5.41, 5.74) is 0.980. The van der Waals surface area contributed by atoms with Crippen molar-refractivity contribution in [2.24, 2.45) is 7.05 Å². The lowest BCUT2D eigenvalue weighted by molar-refractivity contribution is -0.130. The Morgan fingerprint density at radius 1 is 1.26 bits per heavy atom. The van der Waals surface area contributed by atoms with Crippen molar-refractivity contribution in [1.29, 1.82) is 0 Å². The summed E-state index contributed by atoms with van der Waals surface area (Å²) in [5.74, 6) is 0.605. The van der Waals surface area contributed by atoms with Gasteiger partial charge < -0.3 is 15.0 Å². The van der Waals surface area contributed by atoms with Gasteiger partial charge in [0.1, 0.15) is 5.82 Å². The minimum Gasteiger partial charge on any atom is -0.468 e.